The topological polar surface area (TPSA) is 34.1 Å². The molecule has 0 aliphatic heterocycles. The summed E-state index contributed by atoms with van der Waals surface area (Å²) in [6, 6.07) is 22.1. The van der Waals surface area contributed by atoms with Crippen LogP contribution in [0.5, 0.6) is 0 Å². The Morgan fingerprint density at radius 3 is 2.54 bits per heavy atom. The SMILES string of the molecule is CCc1ccc2c(C[n+]3cccc(-c4ccccc4)c3)cc(=O)oc2c1. The lowest BCUT2D eigenvalue weighted by atomic mass is 10.1. The van der Waals surface area contributed by atoms with Crippen LogP contribution in [0, 0.1) is 0 Å². The van der Waals surface area contributed by atoms with Crippen LogP contribution in [0.15, 0.2) is 88.3 Å². The van der Waals surface area contributed by atoms with E-state index in [0.717, 1.165) is 28.5 Å². The van der Waals surface area contributed by atoms with E-state index in [2.05, 4.69) is 42.0 Å². The van der Waals surface area contributed by atoms with E-state index in [1.807, 2.05) is 42.6 Å². The first-order chi connectivity index (χ1) is 12.7. The molecule has 0 atom stereocenters. The molecule has 0 radical (unpaired) electrons. The van der Waals surface area contributed by atoms with Crippen molar-refractivity contribution in [2.45, 2.75) is 19.9 Å². The number of hydrogen-bond acceptors (Lipinski definition) is 2. The van der Waals surface area contributed by atoms with Gasteiger partial charge in [0, 0.05) is 28.6 Å². The summed E-state index contributed by atoms with van der Waals surface area (Å²) in [5.74, 6) is 0. The van der Waals surface area contributed by atoms with E-state index >= 15 is 0 Å². The van der Waals surface area contributed by atoms with Gasteiger partial charge in [-0.2, -0.15) is 0 Å². The fourth-order valence-electron chi connectivity index (χ4n) is 3.24. The quantitative estimate of drug-likeness (QED) is 0.408. The predicted molar refractivity (Wildman–Crippen MR) is 103 cm³/mol. The maximum absolute atomic E-state index is 12.0. The molecule has 3 heteroatoms. The number of nitrogens with zero attached hydrogens (tertiary/aromatic N) is 1. The van der Waals surface area contributed by atoms with Gasteiger partial charge in [0.25, 0.3) is 0 Å². The van der Waals surface area contributed by atoms with Gasteiger partial charge in [0.15, 0.2) is 18.9 Å². The standard InChI is InChI=1S/C23H20NO2/c1-2-17-10-11-21-20(14-23(25)26-22(21)13-17)16-24-12-6-9-19(15-24)18-7-4-3-5-8-18/h3-15H,2,16H2,1H3/q+1. The molecule has 0 N–H and O–H groups in total. The minimum Gasteiger partial charge on any atom is -0.423 e. The van der Waals surface area contributed by atoms with Crippen LogP contribution in [-0.4, -0.2) is 0 Å². The molecule has 3 nitrogen and oxygen atoms in total. The smallest absolute Gasteiger partial charge is 0.336 e. The van der Waals surface area contributed by atoms with Gasteiger partial charge >= 0.3 is 5.63 Å². The molecule has 2 aromatic carbocycles. The van der Waals surface area contributed by atoms with Crippen LogP contribution in [0.1, 0.15) is 18.1 Å². The third-order valence-corrected chi connectivity index (χ3v) is 4.62. The Kier molecular flexibility index (Phi) is 4.36. The highest BCUT2D eigenvalue weighted by Gasteiger charge is 2.12. The van der Waals surface area contributed by atoms with Crippen molar-refractivity contribution in [3.63, 3.8) is 0 Å². The summed E-state index contributed by atoms with van der Waals surface area (Å²) >= 11 is 0. The molecule has 0 amide bonds. The van der Waals surface area contributed by atoms with E-state index in [1.165, 1.54) is 5.56 Å². The zero-order chi connectivity index (χ0) is 17.9. The van der Waals surface area contributed by atoms with Crippen LogP contribution in [0.25, 0.3) is 22.1 Å². The molecule has 2 aromatic heterocycles. The Hall–Kier alpha value is -3.20. The van der Waals surface area contributed by atoms with Crippen LogP contribution in [0.4, 0.5) is 0 Å². The molecule has 0 spiro atoms. The second-order valence-corrected chi connectivity index (χ2v) is 6.41. The maximum Gasteiger partial charge on any atom is 0.336 e. The van der Waals surface area contributed by atoms with Gasteiger partial charge in [0.1, 0.15) is 5.58 Å². The minimum absolute atomic E-state index is 0.305. The van der Waals surface area contributed by atoms with Crippen LogP contribution in [0.2, 0.25) is 0 Å². The van der Waals surface area contributed by atoms with E-state index in [0.29, 0.717) is 12.1 Å². The summed E-state index contributed by atoms with van der Waals surface area (Å²) in [5.41, 5.74) is 4.80. The zero-order valence-corrected chi connectivity index (χ0v) is 14.7. The van der Waals surface area contributed by atoms with Crippen molar-refractivity contribution in [3.05, 3.63) is 101 Å². The van der Waals surface area contributed by atoms with E-state index < -0.39 is 0 Å². The Labute approximate surface area is 152 Å². The maximum atomic E-state index is 12.0. The fraction of sp³-hybridized carbons (Fsp3) is 0.130. The second kappa shape index (κ2) is 6.96. The molecule has 0 bridgehead atoms. The average molecular weight is 342 g/mol. The van der Waals surface area contributed by atoms with Crippen molar-refractivity contribution in [1.29, 1.82) is 0 Å². The first kappa shape index (κ1) is 16.3. The predicted octanol–water partition coefficient (Wildman–Crippen LogP) is 4.36. The second-order valence-electron chi connectivity index (χ2n) is 6.41. The van der Waals surface area contributed by atoms with Gasteiger partial charge in [-0.15, -0.1) is 0 Å². The highest BCUT2D eigenvalue weighted by molar-refractivity contribution is 5.80. The number of hydrogen-bond donors (Lipinski definition) is 0. The molecule has 0 aliphatic carbocycles. The summed E-state index contributed by atoms with van der Waals surface area (Å²) in [6.45, 7) is 2.71. The van der Waals surface area contributed by atoms with Gasteiger partial charge < -0.3 is 4.42 Å². The molecule has 0 saturated heterocycles. The van der Waals surface area contributed by atoms with Crippen molar-refractivity contribution in [3.8, 4) is 11.1 Å². The molecule has 0 aliphatic rings. The number of fused-ring (bicyclic) bond motifs is 1. The van der Waals surface area contributed by atoms with E-state index in [4.69, 9.17) is 4.42 Å². The molecular weight excluding hydrogens is 322 g/mol. The monoisotopic (exact) mass is 342 g/mol. The molecule has 4 rings (SSSR count). The summed E-state index contributed by atoms with van der Waals surface area (Å²) in [6.07, 6.45) is 5.04. The normalized spacial score (nSPS) is 11.0. The van der Waals surface area contributed by atoms with Crippen molar-refractivity contribution >= 4 is 11.0 Å². The third kappa shape index (κ3) is 3.29. The molecule has 0 saturated carbocycles. The lowest BCUT2D eigenvalue weighted by Crippen LogP contribution is -2.33. The largest absolute Gasteiger partial charge is 0.423 e. The number of aryl methyl sites for hydroxylation is 1. The van der Waals surface area contributed by atoms with Crippen molar-refractivity contribution in [1.82, 2.24) is 0 Å². The first-order valence-corrected chi connectivity index (χ1v) is 8.83. The molecule has 4 aromatic rings. The summed E-state index contributed by atoms with van der Waals surface area (Å²) in [4.78, 5) is 12.0. The van der Waals surface area contributed by atoms with E-state index in [1.54, 1.807) is 6.07 Å². The van der Waals surface area contributed by atoms with Gasteiger partial charge in [0.2, 0.25) is 0 Å². The Bertz CT molecular complexity index is 1110. The molecule has 128 valence electrons. The zero-order valence-electron chi connectivity index (χ0n) is 14.7. The Morgan fingerprint density at radius 2 is 1.73 bits per heavy atom. The first-order valence-electron chi connectivity index (χ1n) is 8.83. The minimum atomic E-state index is -0.305. The van der Waals surface area contributed by atoms with Crippen molar-refractivity contribution < 1.29 is 8.98 Å². The number of pyridine rings is 1. The number of rotatable bonds is 4. The van der Waals surface area contributed by atoms with Crippen molar-refractivity contribution in [2.24, 2.45) is 0 Å². The molecule has 2 heterocycles. The number of benzene rings is 2. The fourth-order valence-corrected chi connectivity index (χ4v) is 3.24. The van der Waals surface area contributed by atoms with Gasteiger partial charge in [-0.25, -0.2) is 9.36 Å². The highest BCUT2D eigenvalue weighted by Crippen LogP contribution is 2.20. The lowest BCUT2D eigenvalue weighted by molar-refractivity contribution is -0.687. The van der Waals surface area contributed by atoms with Gasteiger partial charge in [0.05, 0.1) is 0 Å². The third-order valence-electron chi connectivity index (χ3n) is 4.62. The summed E-state index contributed by atoms with van der Waals surface area (Å²) in [5, 5.41) is 0.986. The Balaban J connectivity index is 1.75. The lowest BCUT2D eigenvalue weighted by Gasteiger charge is -2.05. The van der Waals surface area contributed by atoms with Crippen LogP contribution < -0.4 is 10.2 Å². The molecule has 0 fully saturated rings. The average Bonchev–Trinajstić information content (AvgIpc) is 2.68. The van der Waals surface area contributed by atoms with Crippen LogP contribution in [0.3, 0.4) is 0 Å². The molecule has 0 unspecified atom stereocenters. The number of aromatic nitrogens is 1. The van der Waals surface area contributed by atoms with Crippen molar-refractivity contribution in [2.75, 3.05) is 0 Å². The molecule has 26 heavy (non-hydrogen) atoms. The van der Waals surface area contributed by atoms with Gasteiger partial charge in [-0.3, -0.25) is 0 Å². The molecular formula is C23H20NO2+. The van der Waals surface area contributed by atoms with E-state index in [-0.39, 0.29) is 5.63 Å². The van der Waals surface area contributed by atoms with Crippen LogP contribution >= 0.6 is 0 Å². The Morgan fingerprint density at radius 1 is 0.923 bits per heavy atom. The van der Waals surface area contributed by atoms with E-state index in [9.17, 15) is 4.79 Å². The van der Waals surface area contributed by atoms with Gasteiger partial charge in [-0.1, -0.05) is 49.4 Å². The summed E-state index contributed by atoms with van der Waals surface area (Å²) < 4.78 is 7.51. The summed E-state index contributed by atoms with van der Waals surface area (Å²) in [7, 11) is 0. The highest BCUT2D eigenvalue weighted by atomic mass is 16.4. The van der Waals surface area contributed by atoms with Crippen LogP contribution in [-0.2, 0) is 13.0 Å². The van der Waals surface area contributed by atoms with Gasteiger partial charge in [-0.05, 0) is 29.7 Å².